The SMILES string of the molecule is CCCn1c(SCC(=O)N(C)CC(=O)Nc2ccccc2C(F)(F)F)n[nH]c1=O. The Morgan fingerprint density at radius 3 is 2.66 bits per heavy atom. The fourth-order valence-electron chi connectivity index (χ4n) is 2.40. The van der Waals surface area contributed by atoms with Gasteiger partial charge in [-0.25, -0.2) is 9.89 Å². The number of carbonyl (C=O) groups excluding carboxylic acids is 2. The summed E-state index contributed by atoms with van der Waals surface area (Å²) in [6.07, 6.45) is -3.90. The van der Waals surface area contributed by atoms with E-state index in [1.807, 2.05) is 6.92 Å². The van der Waals surface area contributed by atoms with Crippen LogP contribution in [-0.2, 0) is 22.3 Å². The molecule has 29 heavy (non-hydrogen) atoms. The maximum atomic E-state index is 13.0. The second kappa shape index (κ2) is 9.63. The van der Waals surface area contributed by atoms with Crippen LogP contribution in [0.25, 0.3) is 0 Å². The zero-order valence-corrected chi connectivity index (χ0v) is 16.6. The number of likely N-dealkylation sites (N-methyl/N-ethyl adjacent to an activating group) is 1. The fraction of sp³-hybridized carbons (Fsp3) is 0.412. The van der Waals surface area contributed by atoms with Gasteiger partial charge < -0.3 is 10.2 Å². The van der Waals surface area contributed by atoms with E-state index in [9.17, 15) is 27.6 Å². The topological polar surface area (TPSA) is 100 Å². The van der Waals surface area contributed by atoms with Crippen molar-refractivity contribution in [2.24, 2.45) is 0 Å². The minimum atomic E-state index is -4.61. The molecule has 2 rings (SSSR count). The number of aromatic nitrogens is 3. The highest BCUT2D eigenvalue weighted by molar-refractivity contribution is 7.99. The summed E-state index contributed by atoms with van der Waals surface area (Å²) in [6.45, 7) is 1.92. The highest BCUT2D eigenvalue weighted by Crippen LogP contribution is 2.34. The minimum Gasteiger partial charge on any atom is -0.336 e. The van der Waals surface area contributed by atoms with Crippen molar-refractivity contribution in [3.05, 3.63) is 40.3 Å². The van der Waals surface area contributed by atoms with Gasteiger partial charge in [-0.2, -0.15) is 13.2 Å². The molecule has 0 fully saturated rings. The lowest BCUT2D eigenvalue weighted by atomic mass is 10.1. The van der Waals surface area contributed by atoms with Crippen molar-refractivity contribution in [3.8, 4) is 0 Å². The molecule has 0 aliphatic heterocycles. The van der Waals surface area contributed by atoms with Crippen LogP contribution in [0.3, 0.4) is 0 Å². The van der Waals surface area contributed by atoms with Gasteiger partial charge >= 0.3 is 11.9 Å². The van der Waals surface area contributed by atoms with Crippen molar-refractivity contribution >= 4 is 29.3 Å². The number of nitrogens with one attached hydrogen (secondary N) is 2. The first-order valence-corrected chi connectivity index (χ1v) is 9.60. The first-order valence-electron chi connectivity index (χ1n) is 8.61. The summed E-state index contributed by atoms with van der Waals surface area (Å²) < 4.78 is 40.4. The highest BCUT2D eigenvalue weighted by atomic mass is 32.2. The molecule has 0 spiro atoms. The number of para-hydroxylation sites is 1. The molecule has 0 bridgehead atoms. The second-order valence-electron chi connectivity index (χ2n) is 6.09. The maximum absolute atomic E-state index is 13.0. The van der Waals surface area contributed by atoms with E-state index in [0.717, 1.165) is 28.8 Å². The van der Waals surface area contributed by atoms with Crippen molar-refractivity contribution in [3.63, 3.8) is 0 Å². The number of amides is 2. The summed E-state index contributed by atoms with van der Waals surface area (Å²) in [6, 6.07) is 4.60. The Hall–Kier alpha value is -2.76. The van der Waals surface area contributed by atoms with Gasteiger partial charge in [0.1, 0.15) is 0 Å². The van der Waals surface area contributed by atoms with E-state index in [0.29, 0.717) is 18.1 Å². The highest BCUT2D eigenvalue weighted by Gasteiger charge is 2.33. The van der Waals surface area contributed by atoms with Gasteiger partial charge in [0.05, 0.1) is 23.5 Å². The summed E-state index contributed by atoms with van der Waals surface area (Å²) in [5.74, 6) is -1.28. The summed E-state index contributed by atoms with van der Waals surface area (Å²) >= 11 is 1.03. The zero-order valence-electron chi connectivity index (χ0n) is 15.7. The molecule has 158 valence electrons. The molecule has 12 heteroatoms. The number of carbonyl (C=O) groups is 2. The number of thioether (sulfide) groups is 1. The van der Waals surface area contributed by atoms with E-state index >= 15 is 0 Å². The van der Waals surface area contributed by atoms with E-state index < -0.39 is 30.1 Å². The van der Waals surface area contributed by atoms with Crippen molar-refractivity contribution in [1.82, 2.24) is 19.7 Å². The first kappa shape index (κ1) is 22.5. The van der Waals surface area contributed by atoms with Crippen molar-refractivity contribution in [1.29, 1.82) is 0 Å². The van der Waals surface area contributed by atoms with Crippen LogP contribution in [0.5, 0.6) is 0 Å². The molecule has 2 aromatic rings. The number of alkyl halides is 3. The smallest absolute Gasteiger partial charge is 0.336 e. The molecule has 0 saturated carbocycles. The Bertz CT molecular complexity index is 926. The Morgan fingerprint density at radius 2 is 2.00 bits per heavy atom. The summed E-state index contributed by atoms with van der Waals surface area (Å²) in [7, 11) is 1.36. The van der Waals surface area contributed by atoms with Crippen LogP contribution in [0.4, 0.5) is 18.9 Å². The van der Waals surface area contributed by atoms with E-state index in [2.05, 4.69) is 15.5 Å². The number of nitrogens with zero attached hydrogens (tertiary/aromatic N) is 3. The molecular formula is C17H20F3N5O3S. The predicted octanol–water partition coefficient (Wildman–Crippen LogP) is 2.19. The van der Waals surface area contributed by atoms with Crippen molar-refractivity contribution in [2.75, 3.05) is 24.7 Å². The van der Waals surface area contributed by atoms with Gasteiger partial charge in [-0.05, 0) is 18.6 Å². The zero-order chi connectivity index (χ0) is 21.6. The largest absolute Gasteiger partial charge is 0.418 e. The number of anilines is 1. The maximum Gasteiger partial charge on any atom is 0.418 e. The number of halogens is 3. The van der Waals surface area contributed by atoms with E-state index in [1.165, 1.54) is 23.7 Å². The van der Waals surface area contributed by atoms with Crippen molar-refractivity contribution in [2.45, 2.75) is 31.2 Å². The average Bonchev–Trinajstić information content (AvgIpc) is 2.99. The summed E-state index contributed by atoms with van der Waals surface area (Å²) in [5, 5.41) is 8.69. The van der Waals surface area contributed by atoms with Gasteiger partial charge in [0, 0.05) is 13.6 Å². The molecule has 1 heterocycles. The number of benzene rings is 1. The summed E-state index contributed by atoms with van der Waals surface area (Å²) in [4.78, 5) is 37.0. The van der Waals surface area contributed by atoms with E-state index in [1.54, 1.807) is 0 Å². The van der Waals surface area contributed by atoms with Crippen LogP contribution in [0.15, 0.2) is 34.2 Å². The van der Waals surface area contributed by atoms with Gasteiger partial charge in [0.15, 0.2) is 5.16 Å². The molecule has 2 N–H and O–H groups in total. The number of aromatic amines is 1. The van der Waals surface area contributed by atoms with Gasteiger partial charge in [-0.3, -0.25) is 14.2 Å². The minimum absolute atomic E-state index is 0.0864. The quantitative estimate of drug-likeness (QED) is 0.624. The number of H-pyrrole nitrogens is 1. The lowest BCUT2D eigenvalue weighted by Crippen LogP contribution is -2.36. The van der Waals surface area contributed by atoms with E-state index in [-0.39, 0.29) is 17.1 Å². The molecule has 1 aromatic carbocycles. The van der Waals surface area contributed by atoms with Crippen LogP contribution in [0.2, 0.25) is 0 Å². The molecule has 8 nitrogen and oxygen atoms in total. The predicted molar refractivity (Wildman–Crippen MR) is 102 cm³/mol. The lowest BCUT2D eigenvalue weighted by molar-refractivity contribution is -0.137. The van der Waals surface area contributed by atoms with Crippen LogP contribution >= 0.6 is 11.8 Å². The standard InChI is InChI=1S/C17H20F3N5O3S/c1-3-8-25-15(28)22-23-16(25)29-10-14(27)24(2)9-13(26)21-12-7-5-4-6-11(12)17(18,19)20/h4-7H,3,8-10H2,1-2H3,(H,21,26)(H,22,28). The molecule has 0 unspecified atom stereocenters. The van der Waals surface area contributed by atoms with E-state index in [4.69, 9.17) is 0 Å². The van der Waals surface area contributed by atoms with Gasteiger partial charge in [0.2, 0.25) is 11.8 Å². The molecular weight excluding hydrogens is 411 g/mol. The molecule has 0 atom stereocenters. The van der Waals surface area contributed by atoms with Gasteiger partial charge in [0.25, 0.3) is 0 Å². The number of hydrogen-bond acceptors (Lipinski definition) is 5. The third-order valence-corrected chi connectivity index (χ3v) is 4.77. The van der Waals surface area contributed by atoms with Gasteiger partial charge in [-0.15, -0.1) is 5.10 Å². The van der Waals surface area contributed by atoms with Crippen LogP contribution in [0, 0.1) is 0 Å². The summed E-state index contributed by atoms with van der Waals surface area (Å²) in [5.41, 5.74) is -1.72. The monoisotopic (exact) mass is 431 g/mol. The number of hydrogen-bond donors (Lipinski definition) is 2. The molecule has 0 radical (unpaired) electrons. The Labute approximate surface area is 168 Å². The van der Waals surface area contributed by atoms with Gasteiger partial charge in [-0.1, -0.05) is 30.8 Å². The Balaban J connectivity index is 1.93. The average molecular weight is 431 g/mol. The third-order valence-electron chi connectivity index (χ3n) is 3.81. The number of rotatable bonds is 8. The molecule has 2 amide bonds. The molecule has 0 saturated heterocycles. The third kappa shape index (κ3) is 6.11. The first-order chi connectivity index (χ1) is 13.6. The molecule has 1 aromatic heterocycles. The molecule has 0 aliphatic carbocycles. The normalized spacial score (nSPS) is 11.3. The van der Waals surface area contributed by atoms with Crippen LogP contribution < -0.4 is 11.0 Å². The lowest BCUT2D eigenvalue weighted by Gasteiger charge is -2.18. The fourth-order valence-corrected chi connectivity index (χ4v) is 3.32. The molecule has 0 aliphatic rings. The van der Waals surface area contributed by atoms with Crippen molar-refractivity contribution < 1.29 is 22.8 Å². The van der Waals surface area contributed by atoms with Crippen LogP contribution in [-0.4, -0.2) is 50.8 Å². The Morgan fingerprint density at radius 1 is 1.31 bits per heavy atom. The second-order valence-corrected chi connectivity index (χ2v) is 7.04. The Kier molecular flexibility index (Phi) is 7.48. The van der Waals surface area contributed by atoms with Crippen LogP contribution in [0.1, 0.15) is 18.9 Å².